The fraction of sp³-hybridized carbons (Fsp3) is 0.345. The molecule has 0 amide bonds. The van der Waals surface area contributed by atoms with Gasteiger partial charge in [-0.15, -0.1) is 0 Å². The highest BCUT2D eigenvalue weighted by atomic mass is 16.5. The van der Waals surface area contributed by atoms with Crippen LogP contribution in [0.5, 0.6) is 5.88 Å². The predicted molar refractivity (Wildman–Crippen MR) is 138 cm³/mol. The molecule has 3 heterocycles. The average Bonchev–Trinajstić information content (AvgIpc) is 3.54. The van der Waals surface area contributed by atoms with Crippen molar-refractivity contribution in [2.45, 2.75) is 31.8 Å². The molecule has 2 atom stereocenters. The maximum Gasteiger partial charge on any atom is 0.259 e. The van der Waals surface area contributed by atoms with E-state index >= 15 is 0 Å². The summed E-state index contributed by atoms with van der Waals surface area (Å²) in [5, 5.41) is 19.8. The molecule has 182 valence electrons. The van der Waals surface area contributed by atoms with E-state index in [0.717, 1.165) is 60.4 Å². The van der Waals surface area contributed by atoms with Crippen molar-refractivity contribution in [3.63, 3.8) is 0 Å². The summed E-state index contributed by atoms with van der Waals surface area (Å²) in [6.45, 7) is 2.74. The van der Waals surface area contributed by atoms with E-state index in [-0.39, 0.29) is 0 Å². The maximum absolute atomic E-state index is 10.5. The van der Waals surface area contributed by atoms with Crippen molar-refractivity contribution in [1.29, 1.82) is 5.26 Å². The number of nitriles is 1. The van der Waals surface area contributed by atoms with Crippen molar-refractivity contribution in [3.05, 3.63) is 71.5 Å². The van der Waals surface area contributed by atoms with Crippen LogP contribution in [-0.4, -0.2) is 51.1 Å². The molecule has 0 radical (unpaired) electrons. The Bertz CT molecular complexity index is 1450. The second-order valence-corrected chi connectivity index (χ2v) is 9.97. The van der Waals surface area contributed by atoms with Crippen LogP contribution in [0.15, 0.2) is 54.9 Å². The van der Waals surface area contributed by atoms with Crippen LogP contribution in [0, 0.1) is 17.2 Å². The molecule has 4 aromatic rings. The number of aromatic nitrogens is 3. The summed E-state index contributed by atoms with van der Waals surface area (Å²) >= 11 is 0. The van der Waals surface area contributed by atoms with Gasteiger partial charge in [0, 0.05) is 36.0 Å². The Balaban J connectivity index is 1.48. The minimum absolute atomic E-state index is 0.444. The number of ether oxygens (including phenoxy) is 1. The Morgan fingerprint density at radius 1 is 1.14 bits per heavy atom. The molecule has 0 bridgehead atoms. The summed E-state index contributed by atoms with van der Waals surface area (Å²) in [6, 6.07) is 15.9. The van der Waals surface area contributed by atoms with E-state index in [0.29, 0.717) is 29.6 Å². The van der Waals surface area contributed by atoms with E-state index in [1.807, 2.05) is 34.9 Å². The largest absolute Gasteiger partial charge is 0.475 e. The van der Waals surface area contributed by atoms with Gasteiger partial charge in [-0.3, -0.25) is 4.40 Å². The highest BCUT2D eigenvalue weighted by Crippen LogP contribution is 2.39. The highest BCUT2D eigenvalue weighted by molar-refractivity contribution is 5.82. The minimum Gasteiger partial charge on any atom is -0.475 e. The van der Waals surface area contributed by atoms with Crippen molar-refractivity contribution < 1.29 is 9.84 Å². The van der Waals surface area contributed by atoms with Crippen molar-refractivity contribution in [2.75, 3.05) is 26.7 Å². The van der Waals surface area contributed by atoms with Crippen molar-refractivity contribution in [1.82, 2.24) is 19.3 Å². The van der Waals surface area contributed by atoms with Gasteiger partial charge in [0.05, 0.1) is 35.7 Å². The zero-order valence-electron chi connectivity index (χ0n) is 20.4. The summed E-state index contributed by atoms with van der Waals surface area (Å²) in [7, 11) is 2.16. The van der Waals surface area contributed by atoms with Crippen LogP contribution in [0.3, 0.4) is 0 Å². The fourth-order valence-electron chi connectivity index (χ4n) is 5.57. The van der Waals surface area contributed by atoms with Crippen LogP contribution in [0.4, 0.5) is 0 Å². The first-order valence-electron chi connectivity index (χ1n) is 12.6. The number of fused-ring (bicyclic) bond motifs is 2. The molecule has 7 nitrogen and oxygen atoms in total. The molecule has 0 spiro atoms. The average molecular weight is 480 g/mol. The van der Waals surface area contributed by atoms with Gasteiger partial charge in [-0.2, -0.15) is 5.26 Å². The Hall–Kier alpha value is -3.73. The summed E-state index contributed by atoms with van der Waals surface area (Å²) in [6.07, 6.45) is 7.23. The topological polar surface area (TPSA) is 86.7 Å². The van der Waals surface area contributed by atoms with Gasteiger partial charge in [0.15, 0.2) is 0 Å². The first-order valence-corrected chi connectivity index (χ1v) is 12.6. The quantitative estimate of drug-likeness (QED) is 0.449. The number of hydrogen-bond donors (Lipinski definition) is 1. The number of rotatable bonds is 5. The van der Waals surface area contributed by atoms with Gasteiger partial charge in [-0.05, 0) is 68.6 Å². The van der Waals surface area contributed by atoms with E-state index in [4.69, 9.17) is 9.72 Å². The molecular formula is C29H29N5O2. The van der Waals surface area contributed by atoms with Gasteiger partial charge in [-0.25, -0.2) is 9.97 Å². The molecule has 1 fully saturated rings. The lowest BCUT2D eigenvalue weighted by Gasteiger charge is -2.29. The Morgan fingerprint density at radius 3 is 2.78 bits per heavy atom. The Morgan fingerprint density at radius 2 is 1.97 bits per heavy atom. The molecule has 6 rings (SSSR count). The molecule has 2 aromatic carbocycles. The summed E-state index contributed by atoms with van der Waals surface area (Å²) in [4.78, 5) is 12.0. The van der Waals surface area contributed by atoms with E-state index in [9.17, 15) is 10.4 Å². The highest BCUT2D eigenvalue weighted by Gasteiger charge is 2.25. The third-order valence-electron chi connectivity index (χ3n) is 7.44. The standard InChI is InChI=1S/C29H29N5O2/c1-33-13-2-3-20(17-33)18-36-29-28-31-12-14-34(28)27(23-9-8-21-10-11-25(35)24(21)15-23)26(32-29)22-6-4-19(16-30)5-7-22/h4-9,12,14-15,20,25,35H,2-3,10-11,13,17-18H2,1H3/t20-,25?/m1/s1. The molecular weight excluding hydrogens is 450 g/mol. The first-order chi connectivity index (χ1) is 17.6. The number of hydrogen-bond acceptors (Lipinski definition) is 6. The number of aryl methyl sites for hydroxylation is 1. The van der Waals surface area contributed by atoms with Gasteiger partial charge < -0.3 is 14.7 Å². The van der Waals surface area contributed by atoms with Crippen LogP contribution in [0.1, 0.15) is 42.1 Å². The monoisotopic (exact) mass is 479 g/mol. The Labute approximate surface area is 210 Å². The molecule has 0 saturated carbocycles. The van der Waals surface area contributed by atoms with E-state index in [1.54, 1.807) is 6.20 Å². The normalized spacial score (nSPS) is 19.8. The molecule has 1 aliphatic heterocycles. The van der Waals surface area contributed by atoms with Crippen LogP contribution >= 0.6 is 0 Å². The fourth-order valence-corrected chi connectivity index (χ4v) is 5.57. The van der Waals surface area contributed by atoms with E-state index in [1.165, 1.54) is 12.0 Å². The third-order valence-corrected chi connectivity index (χ3v) is 7.44. The molecule has 2 aliphatic rings. The zero-order chi connectivity index (χ0) is 24.6. The smallest absolute Gasteiger partial charge is 0.259 e. The van der Waals surface area contributed by atoms with Crippen LogP contribution in [0.2, 0.25) is 0 Å². The van der Waals surface area contributed by atoms with Crippen molar-refractivity contribution >= 4 is 5.65 Å². The molecule has 7 heteroatoms. The van der Waals surface area contributed by atoms with Crippen LogP contribution in [0.25, 0.3) is 28.2 Å². The lowest BCUT2D eigenvalue weighted by molar-refractivity contribution is 0.148. The van der Waals surface area contributed by atoms with Crippen molar-refractivity contribution in [3.8, 4) is 34.5 Å². The van der Waals surface area contributed by atoms with Gasteiger partial charge in [0.2, 0.25) is 5.65 Å². The number of benzene rings is 2. The van der Waals surface area contributed by atoms with Gasteiger partial charge in [0.1, 0.15) is 0 Å². The second kappa shape index (κ2) is 9.38. The van der Waals surface area contributed by atoms with Gasteiger partial charge >= 0.3 is 0 Å². The third kappa shape index (κ3) is 4.13. The molecule has 1 unspecified atom stereocenters. The zero-order valence-corrected chi connectivity index (χ0v) is 20.4. The molecule has 1 aliphatic carbocycles. The van der Waals surface area contributed by atoms with E-state index < -0.39 is 6.10 Å². The van der Waals surface area contributed by atoms with Crippen LogP contribution in [-0.2, 0) is 6.42 Å². The maximum atomic E-state index is 10.5. The molecule has 2 aromatic heterocycles. The number of aliphatic hydroxyl groups is 1. The lowest BCUT2D eigenvalue weighted by Crippen LogP contribution is -2.34. The minimum atomic E-state index is -0.444. The van der Waals surface area contributed by atoms with E-state index in [2.05, 4.69) is 41.2 Å². The van der Waals surface area contributed by atoms with Gasteiger partial charge in [0.25, 0.3) is 5.88 Å². The number of likely N-dealkylation sites (tertiary alicyclic amines) is 1. The molecule has 1 N–H and O–H groups in total. The predicted octanol–water partition coefficient (Wildman–Crippen LogP) is 4.64. The number of piperidine rings is 1. The van der Waals surface area contributed by atoms with Crippen molar-refractivity contribution in [2.24, 2.45) is 5.92 Å². The van der Waals surface area contributed by atoms with Gasteiger partial charge in [-0.1, -0.05) is 24.3 Å². The summed E-state index contributed by atoms with van der Waals surface area (Å²) in [5.41, 5.74) is 6.95. The second-order valence-electron chi connectivity index (χ2n) is 9.97. The number of nitrogens with zero attached hydrogens (tertiary/aromatic N) is 5. The summed E-state index contributed by atoms with van der Waals surface area (Å²) in [5.74, 6) is 0.967. The first kappa shape index (κ1) is 22.7. The molecule has 1 saturated heterocycles. The SMILES string of the molecule is CN1CCC[C@@H](COc2nc(-c3ccc(C#N)cc3)c(-c3ccc4c(c3)C(O)CC4)n3ccnc23)C1. The number of aliphatic hydroxyl groups excluding tert-OH is 1. The number of imidazole rings is 1. The van der Waals surface area contributed by atoms with Crippen LogP contribution < -0.4 is 4.74 Å². The summed E-state index contributed by atoms with van der Waals surface area (Å²) < 4.78 is 8.37. The lowest BCUT2D eigenvalue weighted by atomic mass is 9.99. The Kier molecular flexibility index (Phi) is 5.92. The molecule has 36 heavy (non-hydrogen) atoms.